The SMILES string of the molecule is N#Cc1cccc(-c2cc(-c3cn(Cc4cccc(C5CCC(C(=O)O)C5)n4)nn3)nc(N)n2)c1. The predicted molar refractivity (Wildman–Crippen MR) is 127 cm³/mol. The average Bonchev–Trinajstić information content (AvgIpc) is 3.54. The summed E-state index contributed by atoms with van der Waals surface area (Å²) in [4.78, 5) is 24.6. The minimum atomic E-state index is -0.731. The standard InChI is InChI=1S/C25H22N8O2/c26-12-15-3-1-4-16(9-15)21-11-22(30-25(27)29-21)23-14-33(32-31-23)13-19-5-2-6-20(28-19)17-7-8-18(10-17)24(34)35/h1-6,9,11,14,17-18H,7-8,10,13H2,(H,34,35)(H2,27,29,30). The molecule has 0 aliphatic heterocycles. The average molecular weight is 467 g/mol. The zero-order valence-electron chi connectivity index (χ0n) is 18.7. The van der Waals surface area contributed by atoms with Gasteiger partial charge in [-0.05, 0) is 49.6 Å². The van der Waals surface area contributed by atoms with Crippen LogP contribution < -0.4 is 5.73 Å². The number of hydrogen-bond donors (Lipinski definition) is 2. The van der Waals surface area contributed by atoms with Gasteiger partial charge in [0.2, 0.25) is 5.95 Å². The number of pyridine rings is 1. The van der Waals surface area contributed by atoms with Crippen LogP contribution in [0.3, 0.4) is 0 Å². The fourth-order valence-electron chi connectivity index (χ4n) is 4.44. The molecule has 0 radical (unpaired) electrons. The highest BCUT2D eigenvalue weighted by molar-refractivity contribution is 5.70. The molecule has 2 unspecified atom stereocenters. The molecule has 1 fully saturated rings. The first-order chi connectivity index (χ1) is 17.0. The molecule has 0 amide bonds. The molecule has 5 rings (SSSR count). The zero-order valence-corrected chi connectivity index (χ0v) is 18.7. The van der Waals surface area contributed by atoms with Crippen molar-refractivity contribution in [3.05, 3.63) is 71.7 Å². The molecule has 0 bridgehead atoms. The number of nitrogens with zero attached hydrogens (tertiary/aromatic N) is 7. The number of aliphatic carboxylic acids is 1. The van der Waals surface area contributed by atoms with E-state index in [0.717, 1.165) is 23.4 Å². The molecular formula is C25H22N8O2. The summed E-state index contributed by atoms with van der Waals surface area (Å²) >= 11 is 0. The van der Waals surface area contributed by atoms with Gasteiger partial charge in [-0.15, -0.1) is 5.10 Å². The first-order valence-corrected chi connectivity index (χ1v) is 11.2. The Labute approximate surface area is 201 Å². The monoisotopic (exact) mass is 466 g/mol. The summed E-state index contributed by atoms with van der Waals surface area (Å²) in [7, 11) is 0. The Hall–Kier alpha value is -4.65. The van der Waals surface area contributed by atoms with Crippen molar-refractivity contribution in [1.29, 1.82) is 5.26 Å². The second kappa shape index (κ2) is 9.30. The van der Waals surface area contributed by atoms with Gasteiger partial charge in [-0.3, -0.25) is 9.78 Å². The first-order valence-electron chi connectivity index (χ1n) is 11.2. The molecule has 2 atom stereocenters. The molecule has 1 saturated carbocycles. The fraction of sp³-hybridized carbons (Fsp3) is 0.240. The van der Waals surface area contributed by atoms with Crippen LogP contribution in [0.25, 0.3) is 22.6 Å². The summed E-state index contributed by atoms with van der Waals surface area (Å²) in [6.07, 6.45) is 3.90. The molecule has 35 heavy (non-hydrogen) atoms. The summed E-state index contributed by atoms with van der Waals surface area (Å²) in [5, 5.41) is 26.9. The number of nitrogens with two attached hydrogens (primary N) is 1. The lowest BCUT2D eigenvalue weighted by atomic mass is 10.0. The summed E-state index contributed by atoms with van der Waals surface area (Å²) in [5.41, 5.74) is 10.6. The topological polar surface area (TPSA) is 156 Å². The third-order valence-corrected chi connectivity index (χ3v) is 6.18. The van der Waals surface area contributed by atoms with Crippen LogP contribution >= 0.6 is 0 Å². The van der Waals surface area contributed by atoms with E-state index in [1.807, 2.05) is 24.3 Å². The van der Waals surface area contributed by atoms with Crippen LogP contribution in [0.4, 0.5) is 5.95 Å². The highest BCUT2D eigenvalue weighted by atomic mass is 16.4. The minimum Gasteiger partial charge on any atom is -0.481 e. The zero-order chi connectivity index (χ0) is 24.4. The maximum absolute atomic E-state index is 11.3. The van der Waals surface area contributed by atoms with E-state index in [4.69, 9.17) is 10.7 Å². The van der Waals surface area contributed by atoms with Crippen molar-refractivity contribution in [3.63, 3.8) is 0 Å². The number of nitrogen functional groups attached to an aromatic ring is 1. The maximum atomic E-state index is 11.3. The number of carbonyl (C=O) groups is 1. The van der Waals surface area contributed by atoms with Gasteiger partial charge in [-0.1, -0.05) is 23.4 Å². The maximum Gasteiger partial charge on any atom is 0.306 e. The molecule has 3 heterocycles. The minimum absolute atomic E-state index is 0.0972. The number of carboxylic acid groups (broad SMARTS) is 1. The number of carboxylic acids is 1. The number of anilines is 1. The number of rotatable bonds is 6. The van der Waals surface area contributed by atoms with Gasteiger partial charge in [0.15, 0.2) is 0 Å². The molecule has 1 aromatic carbocycles. The van der Waals surface area contributed by atoms with Crippen LogP contribution in [0.1, 0.15) is 42.1 Å². The van der Waals surface area contributed by atoms with E-state index in [1.165, 1.54) is 0 Å². The Morgan fingerprint density at radius 2 is 1.91 bits per heavy atom. The van der Waals surface area contributed by atoms with Crippen LogP contribution in [-0.2, 0) is 11.3 Å². The lowest BCUT2D eigenvalue weighted by molar-refractivity contribution is -0.141. The van der Waals surface area contributed by atoms with E-state index in [9.17, 15) is 15.2 Å². The summed E-state index contributed by atoms with van der Waals surface area (Å²) < 4.78 is 1.67. The molecule has 174 valence electrons. The summed E-state index contributed by atoms with van der Waals surface area (Å²) in [6.45, 7) is 0.410. The molecule has 3 aromatic heterocycles. The molecule has 4 aromatic rings. The molecule has 10 heteroatoms. The lowest BCUT2D eigenvalue weighted by Crippen LogP contribution is -2.10. The highest BCUT2D eigenvalue weighted by Gasteiger charge is 2.31. The van der Waals surface area contributed by atoms with E-state index < -0.39 is 5.97 Å². The first kappa shape index (κ1) is 22.2. The molecule has 1 aliphatic carbocycles. The van der Waals surface area contributed by atoms with Gasteiger partial charge < -0.3 is 10.8 Å². The molecule has 0 saturated heterocycles. The van der Waals surface area contributed by atoms with Crippen LogP contribution in [0.5, 0.6) is 0 Å². The van der Waals surface area contributed by atoms with Gasteiger partial charge in [-0.25, -0.2) is 14.6 Å². The van der Waals surface area contributed by atoms with Crippen molar-refractivity contribution >= 4 is 11.9 Å². The molecule has 1 aliphatic rings. The van der Waals surface area contributed by atoms with Crippen molar-refractivity contribution in [2.75, 3.05) is 5.73 Å². The second-order valence-electron chi connectivity index (χ2n) is 8.59. The molecule has 3 N–H and O–H groups in total. The van der Waals surface area contributed by atoms with Crippen molar-refractivity contribution in [2.24, 2.45) is 5.92 Å². The quantitative estimate of drug-likeness (QED) is 0.435. The Bertz CT molecular complexity index is 1440. The van der Waals surface area contributed by atoms with E-state index >= 15 is 0 Å². The van der Waals surface area contributed by atoms with Crippen LogP contribution in [-0.4, -0.2) is 41.0 Å². The lowest BCUT2D eigenvalue weighted by Gasteiger charge is -2.10. The molecule has 0 spiro atoms. The van der Waals surface area contributed by atoms with Crippen molar-refractivity contribution in [2.45, 2.75) is 31.7 Å². The van der Waals surface area contributed by atoms with Crippen LogP contribution in [0.15, 0.2) is 54.7 Å². The normalized spacial score (nSPS) is 17.2. The largest absolute Gasteiger partial charge is 0.481 e. The number of nitriles is 1. The van der Waals surface area contributed by atoms with E-state index in [2.05, 4.69) is 26.3 Å². The van der Waals surface area contributed by atoms with Crippen LogP contribution in [0, 0.1) is 17.2 Å². The van der Waals surface area contributed by atoms with Gasteiger partial charge in [0.05, 0.1) is 47.4 Å². The van der Waals surface area contributed by atoms with E-state index in [1.54, 1.807) is 35.1 Å². The second-order valence-corrected chi connectivity index (χ2v) is 8.59. The van der Waals surface area contributed by atoms with Crippen molar-refractivity contribution in [1.82, 2.24) is 29.9 Å². The van der Waals surface area contributed by atoms with Crippen LogP contribution in [0.2, 0.25) is 0 Å². The Morgan fingerprint density at radius 1 is 1.09 bits per heavy atom. The number of aromatic nitrogens is 6. The third kappa shape index (κ3) is 4.84. The Balaban J connectivity index is 1.35. The van der Waals surface area contributed by atoms with Crippen molar-refractivity contribution in [3.8, 4) is 28.7 Å². The third-order valence-electron chi connectivity index (χ3n) is 6.18. The predicted octanol–water partition coefficient (Wildman–Crippen LogP) is 3.27. The van der Waals surface area contributed by atoms with Gasteiger partial charge in [0.1, 0.15) is 5.69 Å². The Kier molecular flexibility index (Phi) is 5.89. The number of benzene rings is 1. The van der Waals surface area contributed by atoms with E-state index in [-0.39, 0.29) is 17.8 Å². The van der Waals surface area contributed by atoms with Gasteiger partial charge in [0.25, 0.3) is 0 Å². The number of hydrogen-bond acceptors (Lipinski definition) is 8. The van der Waals surface area contributed by atoms with Gasteiger partial charge in [0, 0.05) is 17.2 Å². The fourth-order valence-corrected chi connectivity index (χ4v) is 4.44. The van der Waals surface area contributed by atoms with Crippen molar-refractivity contribution < 1.29 is 9.90 Å². The Morgan fingerprint density at radius 3 is 2.71 bits per heavy atom. The highest BCUT2D eigenvalue weighted by Crippen LogP contribution is 2.37. The summed E-state index contributed by atoms with van der Waals surface area (Å²) in [5.74, 6) is -0.773. The molecular weight excluding hydrogens is 444 g/mol. The van der Waals surface area contributed by atoms with Gasteiger partial charge >= 0.3 is 5.97 Å². The van der Waals surface area contributed by atoms with Gasteiger partial charge in [-0.2, -0.15) is 5.26 Å². The molecule has 10 nitrogen and oxygen atoms in total. The summed E-state index contributed by atoms with van der Waals surface area (Å²) in [6, 6.07) is 16.8. The van der Waals surface area contributed by atoms with E-state index in [0.29, 0.717) is 42.0 Å². The smallest absolute Gasteiger partial charge is 0.306 e.